The van der Waals surface area contributed by atoms with E-state index in [1.165, 1.54) is 36.6 Å². The monoisotopic (exact) mass is 386 g/mol. The van der Waals surface area contributed by atoms with Gasteiger partial charge in [-0.25, -0.2) is 4.79 Å². The molecule has 1 aliphatic rings. The molecule has 1 aliphatic heterocycles. The summed E-state index contributed by atoms with van der Waals surface area (Å²) in [6.07, 6.45) is 3.67. The number of benzene rings is 1. The molecule has 0 saturated heterocycles. The summed E-state index contributed by atoms with van der Waals surface area (Å²) in [5, 5.41) is 31.1. The van der Waals surface area contributed by atoms with Gasteiger partial charge in [-0.1, -0.05) is 25.2 Å². The Morgan fingerprint density at radius 3 is 2.64 bits per heavy atom. The van der Waals surface area contributed by atoms with Crippen molar-refractivity contribution in [3.63, 3.8) is 0 Å². The van der Waals surface area contributed by atoms with Crippen molar-refractivity contribution in [2.75, 3.05) is 0 Å². The third-order valence-electron chi connectivity index (χ3n) is 4.90. The molecule has 7 heteroatoms. The molecule has 0 radical (unpaired) electrons. The maximum Gasteiger partial charge on any atom is 0.342 e. The van der Waals surface area contributed by atoms with Gasteiger partial charge in [0, 0.05) is 22.9 Å². The lowest BCUT2D eigenvalue weighted by Gasteiger charge is -2.20. The van der Waals surface area contributed by atoms with Crippen LogP contribution in [0.1, 0.15) is 36.2 Å². The highest BCUT2D eigenvalue weighted by molar-refractivity contribution is 6.04. The molecule has 3 N–H and O–H groups in total. The molecule has 0 aliphatic carbocycles. The molecule has 1 aromatic carbocycles. The summed E-state index contributed by atoms with van der Waals surface area (Å²) in [6.45, 7) is 3.41. The molecule has 3 rings (SSSR count). The first-order valence-electron chi connectivity index (χ1n) is 8.98. The van der Waals surface area contributed by atoms with Gasteiger partial charge in [-0.3, -0.25) is 4.79 Å². The highest BCUT2D eigenvalue weighted by atomic mass is 16.5. The zero-order valence-corrected chi connectivity index (χ0v) is 15.5. The molecule has 28 heavy (non-hydrogen) atoms. The van der Waals surface area contributed by atoms with Gasteiger partial charge in [0.15, 0.2) is 5.78 Å². The van der Waals surface area contributed by atoms with E-state index in [1.54, 1.807) is 19.9 Å². The van der Waals surface area contributed by atoms with Crippen molar-refractivity contribution in [1.29, 1.82) is 0 Å². The fraction of sp³-hybridized carbons (Fsp3) is 0.333. The van der Waals surface area contributed by atoms with Crippen LogP contribution in [0.3, 0.4) is 0 Å². The minimum absolute atomic E-state index is 0.0173. The topological polar surface area (TPSA) is 117 Å². The van der Waals surface area contributed by atoms with Crippen molar-refractivity contribution >= 4 is 28.8 Å². The maximum atomic E-state index is 12.8. The zero-order valence-electron chi connectivity index (χ0n) is 15.5. The summed E-state index contributed by atoms with van der Waals surface area (Å²) in [6, 6.07) is 3.00. The Kier molecular flexibility index (Phi) is 5.67. The summed E-state index contributed by atoms with van der Waals surface area (Å²) in [7, 11) is 0. The van der Waals surface area contributed by atoms with Gasteiger partial charge in [-0.2, -0.15) is 0 Å². The largest absolute Gasteiger partial charge is 0.507 e. The highest BCUT2D eigenvalue weighted by Gasteiger charge is 2.26. The smallest absolute Gasteiger partial charge is 0.342 e. The Morgan fingerprint density at radius 2 is 1.89 bits per heavy atom. The van der Waals surface area contributed by atoms with E-state index in [0.29, 0.717) is 16.5 Å². The van der Waals surface area contributed by atoms with Gasteiger partial charge in [0.25, 0.3) is 0 Å². The van der Waals surface area contributed by atoms with Crippen molar-refractivity contribution in [1.82, 2.24) is 0 Å². The number of aliphatic hydroxyl groups excluding tert-OH is 2. The molecule has 148 valence electrons. The number of carbonyl (C=O) groups is 2. The predicted octanol–water partition coefficient (Wildman–Crippen LogP) is 2.58. The van der Waals surface area contributed by atoms with Crippen LogP contribution >= 0.6 is 0 Å². The van der Waals surface area contributed by atoms with E-state index in [-0.39, 0.29) is 23.7 Å². The molecule has 4 atom stereocenters. The number of aromatic hydroxyl groups is 1. The lowest BCUT2D eigenvalue weighted by molar-refractivity contribution is -0.127. The molecule has 1 aromatic heterocycles. The van der Waals surface area contributed by atoms with Crippen LogP contribution in [0.5, 0.6) is 5.75 Å². The van der Waals surface area contributed by atoms with Crippen LogP contribution in [0.25, 0.3) is 17.0 Å². The first-order chi connectivity index (χ1) is 13.3. The van der Waals surface area contributed by atoms with E-state index in [0.717, 1.165) is 0 Å². The lowest BCUT2D eigenvalue weighted by Crippen LogP contribution is -2.32. The van der Waals surface area contributed by atoms with Crippen LogP contribution in [0.4, 0.5) is 0 Å². The Labute approximate surface area is 161 Å². The summed E-state index contributed by atoms with van der Waals surface area (Å²) < 4.78 is 10.8. The molecular formula is C21H22O7. The van der Waals surface area contributed by atoms with Gasteiger partial charge in [-0.15, -0.1) is 0 Å². The number of esters is 1. The van der Waals surface area contributed by atoms with Gasteiger partial charge < -0.3 is 24.5 Å². The number of aliphatic hydroxyl groups is 2. The summed E-state index contributed by atoms with van der Waals surface area (Å²) >= 11 is 0. The van der Waals surface area contributed by atoms with E-state index in [4.69, 9.17) is 9.15 Å². The van der Waals surface area contributed by atoms with E-state index in [1.807, 2.05) is 0 Å². The second-order valence-electron chi connectivity index (χ2n) is 6.90. The number of ether oxygens (including phenoxy) is 1. The Morgan fingerprint density at radius 1 is 1.14 bits per heavy atom. The standard InChI is InChI=1S/C21H22O7/c1-11-6-7-16(23)20(25)15(22)5-3-4-14-13-8-9-27-18(13)10-17(24)19(14)21(26)28-12(11)2/h3-4,6-12,15,20,22,24-25H,5H2,1-2H3/b4-3+,7-6-/t11-,12-,15-,20-/m0/s1. The van der Waals surface area contributed by atoms with Crippen LogP contribution < -0.4 is 0 Å². The summed E-state index contributed by atoms with van der Waals surface area (Å²) in [4.78, 5) is 24.8. The second kappa shape index (κ2) is 8.00. The third kappa shape index (κ3) is 3.85. The van der Waals surface area contributed by atoms with Crippen molar-refractivity contribution < 1.29 is 34.1 Å². The molecule has 0 saturated carbocycles. The quantitative estimate of drug-likeness (QED) is 0.596. The number of phenols is 1. The van der Waals surface area contributed by atoms with Crippen LogP contribution in [0.2, 0.25) is 0 Å². The Balaban J connectivity index is 2.11. The van der Waals surface area contributed by atoms with E-state index < -0.39 is 30.1 Å². The second-order valence-corrected chi connectivity index (χ2v) is 6.90. The number of ketones is 1. The average Bonchev–Trinajstić information content (AvgIpc) is 3.11. The summed E-state index contributed by atoms with van der Waals surface area (Å²) in [5.74, 6) is -1.96. The summed E-state index contributed by atoms with van der Waals surface area (Å²) in [5.41, 5.74) is 0.737. The van der Waals surface area contributed by atoms with Gasteiger partial charge in [0.05, 0.1) is 12.4 Å². The number of hydrogen-bond donors (Lipinski definition) is 3. The molecule has 0 unspecified atom stereocenters. The normalized spacial score (nSPS) is 29.0. The minimum atomic E-state index is -1.56. The maximum absolute atomic E-state index is 12.8. The van der Waals surface area contributed by atoms with Crippen molar-refractivity contribution in [2.24, 2.45) is 5.92 Å². The van der Waals surface area contributed by atoms with Gasteiger partial charge in [0.1, 0.15) is 29.1 Å². The number of furan rings is 1. The van der Waals surface area contributed by atoms with Crippen molar-refractivity contribution in [2.45, 2.75) is 38.6 Å². The minimum Gasteiger partial charge on any atom is -0.507 e. The Hall–Kier alpha value is -2.90. The Bertz CT molecular complexity index is 953. The molecule has 7 nitrogen and oxygen atoms in total. The first kappa shape index (κ1) is 19.9. The molecule has 0 bridgehead atoms. The van der Waals surface area contributed by atoms with Gasteiger partial charge in [-0.05, 0) is 25.5 Å². The number of hydrogen-bond acceptors (Lipinski definition) is 7. The van der Waals surface area contributed by atoms with E-state index >= 15 is 0 Å². The van der Waals surface area contributed by atoms with E-state index in [9.17, 15) is 24.9 Å². The van der Waals surface area contributed by atoms with Crippen LogP contribution in [0.15, 0.2) is 41.0 Å². The van der Waals surface area contributed by atoms with Crippen LogP contribution in [0, 0.1) is 5.92 Å². The van der Waals surface area contributed by atoms with Crippen LogP contribution in [-0.2, 0) is 9.53 Å². The zero-order chi connectivity index (χ0) is 20.4. The highest BCUT2D eigenvalue weighted by Crippen LogP contribution is 2.33. The fourth-order valence-corrected chi connectivity index (χ4v) is 2.99. The van der Waals surface area contributed by atoms with E-state index in [2.05, 4.69) is 0 Å². The first-order valence-corrected chi connectivity index (χ1v) is 8.98. The van der Waals surface area contributed by atoms with Crippen molar-refractivity contribution in [3.05, 3.63) is 47.8 Å². The molecule has 0 amide bonds. The molecular weight excluding hydrogens is 364 g/mol. The molecule has 2 aromatic rings. The van der Waals surface area contributed by atoms with Crippen molar-refractivity contribution in [3.8, 4) is 5.75 Å². The molecule has 0 spiro atoms. The third-order valence-corrected chi connectivity index (χ3v) is 4.90. The number of phenolic OH excluding ortho intramolecular Hbond substituents is 1. The lowest BCUT2D eigenvalue weighted by atomic mass is 9.98. The fourth-order valence-electron chi connectivity index (χ4n) is 2.99. The van der Waals surface area contributed by atoms with Gasteiger partial charge in [0.2, 0.25) is 0 Å². The number of rotatable bonds is 0. The molecule has 0 fully saturated rings. The number of cyclic esters (lactones) is 1. The number of fused-ring (bicyclic) bond motifs is 3. The molecule has 2 heterocycles. The predicted molar refractivity (Wildman–Crippen MR) is 102 cm³/mol. The number of carbonyl (C=O) groups excluding carboxylic acids is 2. The SMILES string of the molecule is C[C@@H]1OC(=O)c2c(O)cc3occc3c2/C=C/C[C@H](O)[C@H](O)C(=O)/C=C\[C@@H]1C. The van der Waals surface area contributed by atoms with Crippen LogP contribution in [-0.4, -0.2) is 45.4 Å². The van der Waals surface area contributed by atoms with Gasteiger partial charge >= 0.3 is 5.97 Å². The average molecular weight is 386 g/mol.